The number of hydrogen-bond donors (Lipinski definition) is 2. The average Bonchev–Trinajstić information content (AvgIpc) is 2.94. The van der Waals surface area contributed by atoms with E-state index in [0.29, 0.717) is 17.0 Å². The zero-order chi connectivity index (χ0) is 13.9. The van der Waals surface area contributed by atoms with Gasteiger partial charge in [0.1, 0.15) is 0 Å². The minimum absolute atomic E-state index is 0.406. The predicted molar refractivity (Wildman–Crippen MR) is 69.0 cm³/mol. The Labute approximate surface area is 113 Å². The number of nitrogens with one attached hydrogen (secondary N) is 1. The maximum atomic E-state index is 11.4. The molecule has 0 aliphatic carbocycles. The van der Waals surface area contributed by atoms with Gasteiger partial charge in [0.25, 0.3) is 0 Å². The average molecular weight is 270 g/mol. The van der Waals surface area contributed by atoms with Crippen molar-refractivity contribution in [3.05, 3.63) is 48.3 Å². The number of carbonyl (C=O) groups is 1. The lowest BCUT2D eigenvalue weighted by molar-refractivity contribution is -0.138. The highest BCUT2D eigenvalue weighted by molar-refractivity contribution is 5.78. The van der Waals surface area contributed by atoms with Crippen molar-refractivity contribution >= 4 is 17.4 Å². The fourth-order valence-electron chi connectivity index (χ4n) is 1.85. The van der Waals surface area contributed by atoms with Gasteiger partial charge in [0.05, 0.1) is 12.4 Å². The van der Waals surface area contributed by atoms with Gasteiger partial charge in [0.15, 0.2) is 17.5 Å². The molecule has 3 aromatic rings. The number of anilines is 1. The lowest BCUT2D eigenvalue weighted by atomic mass is 10.1. The van der Waals surface area contributed by atoms with Crippen molar-refractivity contribution in [1.82, 2.24) is 25.0 Å². The zero-order valence-corrected chi connectivity index (χ0v) is 10.2. The number of carboxylic acids is 1. The van der Waals surface area contributed by atoms with E-state index < -0.39 is 12.0 Å². The van der Waals surface area contributed by atoms with Crippen molar-refractivity contribution in [1.29, 1.82) is 0 Å². The van der Waals surface area contributed by atoms with Crippen LogP contribution in [0, 0.1) is 0 Å². The monoisotopic (exact) mass is 270 g/mol. The molecule has 2 heterocycles. The second-order valence-electron chi connectivity index (χ2n) is 4.07. The first kappa shape index (κ1) is 12.0. The third-order valence-corrected chi connectivity index (χ3v) is 2.78. The number of aliphatic carboxylic acids is 1. The van der Waals surface area contributed by atoms with Gasteiger partial charge in [-0.3, -0.25) is 4.98 Å². The van der Waals surface area contributed by atoms with Crippen LogP contribution in [0.25, 0.3) is 5.65 Å². The molecule has 0 saturated heterocycles. The van der Waals surface area contributed by atoms with Crippen LogP contribution in [-0.2, 0) is 4.79 Å². The first-order chi connectivity index (χ1) is 9.75. The Morgan fingerprint density at radius 1 is 1.25 bits per heavy atom. The smallest absolute Gasteiger partial charge is 0.330 e. The second-order valence-corrected chi connectivity index (χ2v) is 4.07. The van der Waals surface area contributed by atoms with Gasteiger partial charge in [-0.15, -0.1) is 5.10 Å². The van der Waals surface area contributed by atoms with Crippen molar-refractivity contribution in [2.45, 2.75) is 6.04 Å². The predicted octanol–water partition coefficient (Wildman–Crippen LogP) is 0.757. The summed E-state index contributed by atoms with van der Waals surface area (Å²) in [6.45, 7) is 0. The Morgan fingerprint density at radius 3 is 2.80 bits per heavy atom. The third kappa shape index (κ3) is 2.14. The summed E-state index contributed by atoms with van der Waals surface area (Å²) in [5.74, 6) is -0.593. The van der Waals surface area contributed by atoms with Crippen LogP contribution in [0.4, 0.5) is 5.82 Å². The quantitative estimate of drug-likeness (QED) is 0.720. The maximum Gasteiger partial charge on any atom is 0.330 e. The third-order valence-electron chi connectivity index (χ3n) is 2.78. The van der Waals surface area contributed by atoms with Crippen LogP contribution in [0.3, 0.4) is 0 Å². The Kier molecular flexibility index (Phi) is 2.96. The van der Waals surface area contributed by atoms with Crippen molar-refractivity contribution < 1.29 is 9.90 Å². The summed E-state index contributed by atoms with van der Waals surface area (Å²) in [7, 11) is 0. The highest BCUT2D eigenvalue weighted by Crippen LogP contribution is 2.19. The van der Waals surface area contributed by atoms with E-state index in [4.69, 9.17) is 0 Å². The number of aromatic nitrogens is 5. The molecule has 0 aliphatic heterocycles. The topological polar surface area (TPSA) is 105 Å². The van der Waals surface area contributed by atoms with E-state index >= 15 is 0 Å². The molecule has 8 heteroatoms. The zero-order valence-electron chi connectivity index (χ0n) is 10.2. The number of tetrazole rings is 1. The van der Waals surface area contributed by atoms with Gasteiger partial charge in [-0.25, -0.2) is 4.79 Å². The molecular formula is C12H10N6O2. The molecule has 2 N–H and O–H groups in total. The van der Waals surface area contributed by atoms with Crippen molar-refractivity contribution in [2.24, 2.45) is 0 Å². The van der Waals surface area contributed by atoms with Crippen molar-refractivity contribution in [3.8, 4) is 0 Å². The molecule has 0 saturated carbocycles. The fourth-order valence-corrected chi connectivity index (χ4v) is 1.85. The van der Waals surface area contributed by atoms with E-state index in [2.05, 4.69) is 25.8 Å². The summed E-state index contributed by atoms with van der Waals surface area (Å²) in [6, 6.07) is 7.95. The first-order valence-corrected chi connectivity index (χ1v) is 5.82. The SMILES string of the molecule is O=C(O)C(Nc1cncc2nnnn12)c1ccccc1. The first-order valence-electron chi connectivity index (χ1n) is 5.82. The summed E-state index contributed by atoms with van der Waals surface area (Å²) in [6.07, 6.45) is 2.96. The molecule has 0 amide bonds. The molecule has 8 nitrogen and oxygen atoms in total. The highest BCUT2D eigenvalue weighted by atomic mass is 16.4. The minimum Gasteiger partial charge on any atom is -0.479 e. The van der Waals surface area contributed by atoms with Crippen LogP contribution in [-0.4, -0.2) is 36.1 Å². The molecule has 20 heavy (non-hydrogen) atoms. The largest absolute Gasteiger partial charge is 0.479 e. The van der Waals surface area contributed by atoms with Gasteiger partial charge in [-0.1, -0.05) is 30.3 Å². The number of fused-ring (bicyclic) bond motifs is 1. The van der Waals surface area contributed by atoms with Crippen molar-refractivity contribution in [2.75, 3.05) is 5.32 Å². The molecule has 0 spiro atoms. The second kappa shape index (κ2) is 4.92. The summed E-state index contributed by atoms with van der Waals surface area (Å²) >= 11 is 0. The van der Waals surface area contributed by atoms with Gasteiger partial charge in [-0.05, 0) is 16.0 Å². The minimum atomic E-state index is -0.999. The Morgan fingerprint density at radius 2 is 2.05 bits per heavy atom. The Bertz CT molecular complexity index is 742. The number of carboxylic acid groups (broad SMARTS) is 1. The number of rotatable bonds is 4. The van der Waals surface area contributed by atoms with Gasteiger partial charge in [0.2, 0.25) is 0 Å². The molecule has 0 fully saturated rings. The van der Waals surface area contributed by atoms with Gasteiger partial charge >= 0.3 is 5.97 Å². The van der Waals surface area contributed by atoms with E-state index in [1.54, 1.807) is 24.3 Å². The van der Waals surface area contributed by atoms with Crippen LogP contribution in [0.5, 0.6) is 0 Å². The molecule has 0 aliphatic rings. The summed E-state index contributed by atoms with van der Waals surface area (Å²) in [4.78, 5) is 15.4. The molecule has 1 atom stereocenters. The van der Waals surface area contributed by atoms with Crippen LogP contribution in [0.15, 0.2) is 42.7 Å². The van der Waals surface area contributed by atoms with E-state index in [0.717, 1.165) is 0 Å². The summed E-state index contributed by atoms with van der Waals surface area (Å²) < 4.78 is 1.39. The fraction of sp³-hybridized carbons (Fsp3) is 0.0833. The molecule has 2 aromatic heterocycles. The summed E-state index contributed by atoms with van der Waals surface area (Å²) in [5.41, 5.74) is 1.07. The molecule has 3 rings (SSSR count). The number of nitrogens with zero attached hydrogens (tertiary/aromatic N) is 5. The van der Waals surface area contributed by atoms with Crippen LogP contribution in [0.2, 0.25) is 0 Å². The molecule has 100 valence electrons. The molecule has 0 bridgehead atoms. The number of benzene rings is 1. The molecule has 0 radical (unpaired) electrons. The number of hydrogen-bond acceptors (Lipinski definition) is 6. The maximum absolute atomic E-state index is 11.4. The highest BCUT2D eigenvalue weighted by Gasteiger charge is 2.20. The van der Waals surface area contributed by atoms with Crippen molar-refractivity contribution in [3.63, 3.8) is 0 Å². The van der Waals surface area contributed by atoms with Gasteiger partial charge in [0, 0.05) is 0 Å². The normalized spacial score (nSPS) is 12.2. The van der Waals surface area contributed by atoms with E-state index in [-0.39, 0.29) is 0 Å². The van der Waals surface area contributed by atoms with E-state index in [9.17, 15) is 9.90 Å². The molecule has 1 unspecified atom stereocenters. The summed E-state index contributed by atoms with van der Waals surface area (Å²) in [5, 5.41) is 23.3. The Hall–Kier alpha value is -3.03. The lowest BCUT2D eigenvalue weighted by Gasteiger charge is -2.15. The van der Waals surface area contributed by atoms with Gasteiger partial charge in [-0.2, -0.15) is 4.52 Å². The van der Waals surface area contributed by atoms with Crippen LogP contribution >= 0.6 is 0 Å². The van der Waals surface area contributed by atoms with E-state index in [1.165, 1.54) is 16.9 Å². The standard InChI is InChI=1S/C12H10N6O2/c19-12(20)11(8-4-2-1-3-5-8)14-9-6-13-7-10-15-16-17-18(9)10/h1-7,11,14H,(H,19,20). The van der Waals surface area contributed by atoms with E-state index in [1.807, 2.05) is 6.07 Å². The molecular weight excluding hydrogens is 260 g/mol. The lowest BCUT2D eigenvalue weighted by Crippen LogP contribution is -2.22. The van der Waals surface area contributed by atoms with Crippen LogP contribution < -0.4 is 5.32 Å². The van der Waals surface area contributed by atoms with Crippen LogP contribution in [0.1, 0.15) is 11.6 Å². The molecule has 1 aromatic carbocycles. The Balaban J connectivity index is 1.99. The van der Waals surface area contributed by atoms with Gasteiger partial charge < -0.3 is 10.4 Å².